The van der Waals surface area contributed by atoms with Gasteiger partial charge in [-0.3, -0.25) is 9.63 Å². The van der Waals surface area contributed by atoms with Gasteiger partial charge in [-0.1, -0.05) is 55.5 Å². The van der Waals surface area contributed by atoms with Gasteiger partial charge in [0.05, 0.1) is 26.9 Å². The summed E-state index contributed by atoms with van der Waals surface area (Å²) in [6.07, 6.45) is 1.80. The lowest BCUT2D eigenvalue weighted by molar-refractivity contribution is -0.136. The number of benzene rings is 3. The van der Waals surface area contributed by atoms with Crippen LogP contribution < -0.4 is 10.1 Å². The SMILES string of the molecule is CC[C@H]1CON(Cc2cccc(-c3cc(CO)cc(C(=O)N[C@@H](Cc4ccccc4)CN(C)C)c3)c2OC)[C@@H]1C. The minimum atomic E-state index is -0.168. The minimum absolute atomic E-state index is 0.0709. The summed E-state index contributed by atoms with van der Waals surface area (Å²) in [5.41, 5.74) is 5.06. The second-order valence-electron chi connectivity index (χ2n) is 11.0. The van der Waals surface area contributed by atoms with E-state index in [0.29, 0.717) is 36.2 Å². The van der Waals surface area contributed by atoms with Crippen molar-refractivity contribution in [1.29, 1.82) is 0 Å². The number of ether oxygens (including phenoxy) is 1. The van der Waals surface area contributed by atoms with Crippen LogP contribution in [0.1, 0.15) is 47.3 Å². The van der Waals surface area contributed by atoms with Crippen LogP contribution in [0.25, 0.3) is 11.1 Å². The molecule has 40 heavy (non-hydrogen) atoms. The van der Waals surface area contributed by atoms with Crippen molar-refractivity contribution in [2.45, 2.75) is 51.9 Å². The van der Waals surface area contributed by atoms with Crippen LogP contribution in [0.4, 0.5) is 0 Å². The summed E-state index contributed by atoms with van der Waals surface area (Å²) < 4.78 is 5.93. The number of carbonyl (C=O) groups is 1. The highest BCUT2D eigenvalue weighted by atomic mass is 16.7. The normalized spacial score (nSPS) is 18.2. The first-order chi connectivity index (χ1) is 19.3. The highest BCUT2D eigenvalue weighted by molar-refractivity contribution is 5.96. The van der Waals surface area contributed by atoms with Gasteiger partial charge in [0, 0.05) is 41.2 Å². The first-order valence-corrected chi connectivity index (χ1v) is 14.1. The molecule has 0 saturated carbocycles. The van der Waals surface area contributed by atoms with E-state index >= 15 is 0 Å². The van der Waals surface area contributed by atoms with Crippen molar-refractivity contribution in [1.82, 2.24) is 15.3 Å². The molecular weight excluding hydrogens is 502 g/mol. The third-order valence-corrected chi connectivity index (χ3v) is 7.74. The number of hydroxylamine groups is 2. The number of hydrogen-bond acceptors (Lipinski definition) is 6. The molecule has 1 amide bonds. The van der Waals surface area contributed by atoms with E-state index in [9.17, 15) is 9.90 Å². The zero-order valence-electron chi connectivity index (χ0n) is 24.4. The largest absolute Gasteiger partial charge is 0.496 e. The monoisotopic (exact) mass is 545 g/mol. The van der Waals surface area contributed by atoms with Gasteiger partial charge in [-0.15, -0.1) is 0 Å². The second kappa shape index (κ2) is 13.9. The molecule has 7 nitrogen and oxygen atoms in total. The molecular formula is C33H43N3O4. The fourth-order valence-electron chi connectivity index (χ4n) is 5.52. The molecule has 3 aromatic rings. The van der Waals surface area contributed by atoms with E-state index in [0.717, 1.165) is 41.9 Å². The Morgan fingerprint density at radius 3 is 2.55 bits per heavy atom. The number of nitrogens with zero attached hydrogens (tertiary/aromatic N) is 2. The van der Waals surface area contributed by atoms with Crippen LogP contribution in [0.15, 0.2) is 66.7 Å². The third-order valence-electron chi connectivity index (χ3n) is 7.74. The Balaban J connectivity index is 1.61. The van der Waals surface area contributed by atoms with Crippen molar-refractivity contribution < 1.29 is 19.5 Å². The van der Waals surface area contributed by atoms with Crippen LogP contribution in [-0.4, -0.2) is 67.4 Å². The minimum Gasteiger partial charge on any atom is -0.496 e. The summed E-state index contributed by atoms with van der Waals surface area (Å²) >= 11 is 0. The maximum Gasteiger partial charge on any atom is 0.251 e. The topological polar surface area (TPSA) is 74.3 Å². The number of nitrogens with one attached hydrogen (secondary N) is 1. The molecule has 0 bridgehead atoms. The van der Waals surface area contributed by atoms with Crippen LogP contribution in [-0.2, 0) is 24.4 Å². The Morgan fingerprint density at radius 2 is 1.90 bits per heavy atom. The smallest absolute Gasteiger partial charge is 0.251 e. The third kappa shape index (κ3) is 7.29. The molecule has 4 rings (SSSR count). The molecule has 1 aliphatic heterocycles. The summed E-state index contributed by atoms with van der Waals surface area (Å²) in [7, 11) is 5.68. The average Bonchev–Trinajstić information content (AvgIpc) is 3.31. The summed E-state index contributed by atoms with van der Waals surface area (Å²) in [4.78, 5) is 21.6. The van der Waals surface area contributed by atoms with Gasteiger partial charge >= 0.3 is 0 Å². The first kappa shape index (κ1) is 29.7. The Bertz CT molecular complexity index is 1260. The van der Waals surface area contributed by atoms with Crippen LogP contribution in [0.3, 0.4) is 0 Å². The van der Waals surface area contributed by atoms with Crippen molar-refractivity contribution in [3.05, 3.63) is 89.0 Å². The number of amides is 1. The average molecular weight is 546 g/mol. The number of rotatable bonds is 12. The molecule has 0 unspecified atom stereocenters. The maximum absolute atomic E-state index is 13.6. The fraction of sp³-hybridized carbons (Fsp3) is 0.424. The van der Waals surface area contributed by atoms with Crippen molar-refractivity contribution >= 4 is 5.91 Å². The highest BCUT2D eigenvalue weighted by Gasteiger charge is 2.31. The molecule has 0 radical (unpaired) electrons. The summed E-state index contributed by atoms with van der Waals surface area (Å²) in [6.45, 7) is 6.27. The van der Waals surface area contributed by atoms with E-state index in [1.165, 1.54) is 5.56 Å². The molecule has 0 aliphatic carbocycles. The predicted molar refractivity (Wildman–Crippen MR) is 159 cm³/mol. The zero-order valence-corrected chi connectivity index (χ0v) is 24.4. The Kier molecular flexibility index (Phi) is 10.3. The molecule has 1 fully saturated rings. The Labute approximate surface area is 238 Å². The molecule has 1 aliphatic rings. The van der Waals surface area contributed by atoms with Gasteiger partial charge in [0.1, 0.15) is 5.75 Å². The van der Waals surface area contributed by atoms with Gasteiger partial charge in [-0.25, -0.2) is 0 Å². The highest BCUT2D eigenvalue weighted by Crippen LogP contribution is 2.36. The lowest BCUT2D eigenvalue weighted by atomic mass is 9.96. The summed E-state index contributed by atoms with van der Waals surface area (Å²) in [5.74, 6) is 1.09. The van der Waals surface area contributed by atoms with Gasteiger partial charge in [0.25, 0.3) is 5.91 Å². The van der Waals surface area contributed by atoms with Crippen molar-refractivity contribution in [2.75, 3.05) is 34.4 Å². The van der Waals surface area contributed by atoms with Gasteiger partial charge < -0.3 is 20.1 Å². The molecule has 214 valence electrons. The van der Waals surface area contributed by atoms with E-state index < -0.39 is 0 Å². The molecule has 0 aromatic heterocycles. The molecule has 1 heterocycles. The maximum atomic E-state index is 13.6. The fourth-order valence-corrected chi connectivity index (χ4v) is 5.52. The lowest BCUT2D eigenvalue weighted by Gasteiger charge is -2.24. The number of aliphatic hydroxyl groups excluding tert-OH is 1. The second-order valence-corrected chi connectivity index (χ2v) is 11.0. The Hall–Kier alpha value is -3.23. The molecule has 3 atom stereocenters. The first-order valence-electron chi connectivity index (χ1n) is 14.1. The summed E-state index contributed by atoms with van der Waals surface area (Å²) in [6, 6.07) is 22.0. The molecule has 7 heteroatoms. The molecule has 0 spiro atoms. The van der Waals surface area contributed by atoms with Crippen LogP contribution >= 0.6 is 0 Å². The van der Waals surface area contributed by atoms with Gasteiger partial charge in [-0.2, -0.15) is 5.06 Å². The van der Waals surface area contributed by atoms with Crippen LogP contribution in [0.2, 0.25) is 0 Å². The summed E-state index contributed by atoms with van der Waals surface area (Å²) in [5, 5.41) is 15.3. The van der Waals surface area contributed by atoms with E-state index in [1.54, 1.807) is 13.2 Å². The molecule has 2 N–H and O–H groups in total. The number of methoxy groups -OCH3 is 1. The van der Waals surface area contributed by atoms with Crippen LogP contribution in [0, 0.1) is 5.92 Å². The van der Waals surface area contributed by atoms with Crippen LogP contribution in [0.5, 0.6) is 5.75 Å². The van der Waals surface area contributed by atoms with Crippen molar-refractivity contribution in [3.8, 4) is 16.9 Å². The Morgan fingerprint density at radius 1 is 1.12 bits per heavy atom. The van der Waals surface area contributed by atoms with Gasteiger partial charge in [0.15, 0.2) is 0 Å². The quantitative estimate of drug-likeness (QED) is 0.337. The van der Waals surface area contributed by atoms with E-state index in [-0.39, 0.29) is 18.6 Å². The molecule has 3 aromatic carbocycles. The zero-order chi connectivity index (χ0) is 28.6. The van der Waals surface area contributed by atoms with Crippen molar-refractivity contribution in [2.24, 2.45) is 5.92 Å². The van der Waals surface area contributed by atoms with Crippen molar-refractivity contribution in [3.63, 3.8) is 0 Å². The number of hydrogen-bond donors (Lipinski definition) is 2. The number of likely N-dealkylation sites (N-methyl/N-ethyl adjacent to an activating group) is 1. The lowest BCUT2D eigenvalue weighted by Crippen LogP contribution is -2.43. The number of carbonyl (C=O) groups excluding carboxylic acids is 1. The van der Waals surface area contributed by atoms with Gasteiger partial charge in [-0.05, 0) is 68.8 Å². The number of para-hydroxylation sites is 1. The van der Waals surface area contributed by atoms with E-state index in [1.807, 2.05) is 61.6 Å². The van der Waals surface area contributed by atoms with E-state index in [2.05, 4.69) is 42.3 Å². The number of aliphatic hydroxyl groups is 1. The van der Waals surface area contributed by atoms with E-state index in [4.69, 9.17) is 9.57 Å². The predicted octanol–water partition coefficient (Wildman–Crippen LogP) is 4.92. The van der Waals surface area contributed by atoms with Gasteiger partial charge in [0.2, 0.25) is 0 Å². The molecule has 1 saturated heterocycles. The standard InChI is InChI=1S/C33H43N3O4/c1-6-26-22-40-36(23(26)2)19-27-13-10-14-31(32(27)39-5)28-15-25(21-37)16-29(18-28)33(38)34-30(20-35(3)4)17-24-11-8-7-9-12-24/h7-16,18,23,26,30,37H,6,17,19-22H2,1-5H3,(H,34,38)/t23-,26+,30+/m1/s1.